The number of fused-ring (bicyclic) bond motifs is 1. The topological polar surface area (TPSA) is 77.6 Å². The third-order valence-corrected chi connectivity index (χ3v) is 8.28. The molecule has 35 heavy (non-hydrogen) atoms. The number of likely N-dealkylation sites (tertiary alicyclic amines) is 1. The van der Waals surface area contributed by atoms with Crippen molar-refractivity contribution < 1.29 is 18.4 Å². The minimum absolute atomic E-state index is 0.0931. The number of aromatic nitrogens is 1. The van der Waals surface area contributed by atoms with Crippen LogP contribution in [0.5, 0.6) is 0 Å². The molecule has 2 fully saturated rings. The summed E-state index contributed by atoms with van der Waals surface area (Å²) in [6.45, 7) is 2.41. The third-order valence-electron chi connectivity index (χ3n) is 6.68. The number of hydrogen-bond donors (Lipinski definition) is 2. The summed E-state index contributed by atoms with van der Waals surface area (Å²) in [6.07, 6.45) is 0. The number of thiazole rings is 1. The Bertz CT molecular complexity index is 1310. The summed E-state index contributed by atoms with van der Waals surface area (Å²) >= 11 is 13.1. The number of nitrogens with zero attached hydrogens (tertiary/aromatic N) is 3. The van der Waals surface area contributed by atoms with Gasteiger partial charge in [0.15, 0.2) is 0 Å². The van der Waals surface area contributed by atoms with E-state index in [0.717, 1.165) is 28.0 Å². The average molecular weight is 540 g/mol. The van der Waals surface area contributed by atoms with Crippen molar-refractivity contribution >= 4 is 62.3 Å². The second kappa shape index (κ2) is 8.85. The predicted molar refractivity (Wildman–Crippen MR) is 132 cm³/mol. The van der Waals surface area contributed by atoms with Crippen LogP contribution in [0.3, 0.4) is 0 Å². The number of carbonyl (C=O) groups excluding carboxylic acids is 2. The van der Waals surface area contributed by atoms with E-state index < -0.39 is 29.2 Å². The molecule has 2 N–H and O–H groups in total. The molecular formula is C23H21Cl2F2N5O2S. The van der Waals surface area contributed by atoms with Crippen LogP contribution in [0.1, 0.15) is 5.56 Å². The van der Waals surface area contributed by atoms with E-state index in [0.29, 0.717) is 26.2 Å². The van der Waals surface area contributed by atoms with Gasteiger partial charge in [0.1, 0.15) is 0 Å². The Kier molecular flexibility index (Phi) is 6.11. The lowest BCUT2D eigenvalue weighted by Gasteiger charge is -2.48. The molecule has 2 aromatic carbocycles. The van der Waals surface area contributed by atoms with Crippen LogP contribution in [-0.4, -0.2) is 54.9 Å². The molecule has 1 aromatic heterocycles. The monoisotopic (exact) mass is 539 g/mol. The number of alkyl halides is 2. The van der Waals surface area contributed by atoms with Gasteiger partial charge in [-0.3, -0.25) is 20.4 Å². The highest BCUT2D eigenvalue weighted by Crippen LogP contribution is 2.46. The van der Waals surface area contributed by atoms with Crippen LogP contribution >= 0.6 is 34.5 Å². The van der Waals surface area contributed by atoms with Crippen molar-refractivity contribution in [1.82, 2.24) is 20.7 Å². The van der Waals surface area contributed by atoms with Crippen molar-refractivity contribution in [2.75, 3.05) is 38.1 Å². The van der Waals surface area contributed by atoms with Gasteiger partial charge in [0.05, 0.1) is 37.4 Å². The number of hydrazine groups is 1. The number of anilines is 1. The number of nitrogens with one attached hydrogen (secondary N) is 2. The van der Waals surface area contributed by atoms with Crippen molar-refractivity contribution in [3.05, 3.63) is 57.5 Å². The van der Waals surface area contributed by atoms with E-state index in [1.54, 1.807) is 5.51 Å². The van der Waals surface area contributed by atoms with Crippen molar-refractivity contribution in [3.8, 4) is 0 Å². The van der Waals surface area contributed by atoms with Crippen LogP contribution < -0.4 is 15.8 Å². The first kappa shape index (κ1) is 24.2. The Labute approximate surface area is 214 Å². The van der Waals surface area contributed by atoms with Gasteiger partial charge in [0.2, 0.25) is 5.91 Å². The highest BCUT2D eigenvalue weighted by molar-refractivity contribution is 7.17. The zero-order chi connectivity index (χ0) is 25.0. The molecule has 2 saturated heterocycles. The maximum absolute atomic E-state index is 14.7. The van der Waals surface area contributed by atoms with Gasteiger partial charge in [-0.2, -0.15) is 8.78 Å². The largest absolute Gasteiger partial charge is 0.369 e. The molecule has 0 radical (unpaired) electrons. The number of rotatable bonds is 4. The highest BCUT2D eigenvalue weighted by Gasteiger charge is 2.56. The minimum Gasteiger partial charge on any atom is -0.369 e. The standard InChI is InChI=1S/C23H21Cl2F2N5O2S/c1-31-9-22(10-31)11-32(18-4-2-3-17-19(18)35-12-28-17)8-14(22)20(33)29-30-21(34)23(26,27)13-5-6-15(24)16(25)7-13/h2-7,12,14H,8-11H2,1H3,(H,29,33)(H,30,34). The van der Waals surface area contributed by atoms with E-state index in [9.17, 15) is 18.4 Å². The van der Waals surface area contributed by atoms with E-state index in [1.807, 2.05) is 30.7 Å². The second-order valence-corrected chi connectivity index (χ2v) is 10.8. The summed E-state index contributed by atoms with van der Waals surface area (Å²) in [5.74, 6) is -6.58. The minimum atomic E-state index is -3.92. The Morgan fingerprint density at radius 2 is 1.91 bits per heavy atom. The molecule has 1 spiro atoms. The van der Waals surface area contributed by atoms with Crippen molar-refractivity contribution in [3.63, 3.8) is 0 Å². The van der Waals surface area contributed by atoms with Gasteiger partial charge in [-0.1, -0.05) is 35.3 Å². The van der Waals surface area contributed by atoms with E-state index in [2.05, 4.69) is 20.2 Å². The Hall–Kier alpha value is -2.53. The number of carbonyl (C=O) groups is 2. The van der Waals surface area contributed by atoms with Crippen LogP contribution in [0.25, 0.3) is 10.2 Å². The van der Waals surface area contributed by atoms with Gasteiger partial charge in [-0.25, -0.2) is 4.98 Å². The first-order valence-corrected chi connectivity index (χ1v) is 12.4. The average Bonchev–Trinajstić information content (AvgIpc) is 3.44. The predicted octanol–water partition coefficient (Wildman–Crippen LogP) is 3.91. The summed E-state index contributed by atoms with van der Waals surface area (Å²) in [5.41, 5.74) is 6.83. The summed E-state index contributed by atoms with van der Waals surface area (Å²) < 4.78 is 30.4. The van der Waals surface area contributed by atoms with E-state index in [1.165, 1.54) is 17.4 Å². The Morgan fingerprint density at radius 3 is 2.63 bits per heavy atom. The lowest BCUT2D eigenvalue weighted by Crippen LogP contribution is -2.62. The van der Waals surface area contributed by atoms with Gasteiger partial charge in [-0.05, 0) is 31.3 Å². The molecule has 184 valence electrons. The molecule has 12 heteroatoms. The SMILES string of the molecule is CN1CC2(C1)CN(c1cccc3ncsc13)CC2C(=O)NNC(=O)C(F)(F)c1ccc(Cl)c(Cl)c1. The first-order chi connectivity index (χ1) is 16.6. The first-order valence-electron chi connectivity index (χ1n) is 10.8. The molecule has 1 unspecified atom stereocenters. The smallest absolute Gasteiger partial charge is 0.351 e. The Balaban J connectivity index is 1.31. The molecule has 1 atom stereocenters. The van der Waals surface area contributed by atoms with E-state index in [-0.39, 0.29) is 15.5 Å². The fourth-order valence-electron chi connectivity index (χ4n) is 5.09. The van der Waals surface area contributed by atoms with Crippen molar-refractivity contribution in [2.45, 2.75) is 5.92 Å². The van der Waals surface area contributed by atoms with Crippen LogP contribution in [0, 0.1) is 11.3 Å². The second-order valence-electron chi connectivity index (χ2n) is 9.09. The van der Waals surface area contributed by atoms with Crippen molar-refractivity contribution in [1.29, 1.82) is 0 Å². The van der Waals surface area contributed by atoms with Crippen LogP contribution in [-0.2, 0) is 15.5 Å². The fourth-order valence-corrected chi connectivity index (χ4v) is 6.22. The molecular weight excluding hydrogens is 519 g/mol. The molecule has 3 aromatic rings. The van der Waals surface area contributed by atoms with Crippen molar-refractivity contribution in [2.24, 2.45) is 11.3 Å². The molecule has 7 nitrogen and oxygen atoms in total. The molecule has 0 aliphatic carbocycles. The number of amides is 2. The number of halogens is 4. The van der Waals surface area contributed by atoms with Crippen LogP contribution in [0.2, 0.25) is 10.0 Å². The molecule has 2 aliphatic rings. The number of hydrogen-bond acceptors (Lipinski definition) is 6. The molecule has 0 saturated carbocycles. The summed E-state index contributed by atoms with van der Waals surface area (Å²) in [6, 6.07) is 8.99. The summed E-state index contributed by atoms with van der Waals surface area (Å²) in [5, 5.41) is -0.00534. The van der Waals surface area contributed by atoms with Gasteiger partial charge in [0, 0.05) is 37.2 Å². The van der Waals surface area contributed by atoms with Gasteiger partial charge in [-0.15, -0.1) is 11.3 Å². The molecule has 5 rings (SSSR count). The molecule has 3 heterocycles. The molecule has 0 bridgehead atoms. The lowest BCUT2D eigenvalue weighted by atomic mass is 9.71. The Morgan fingerprint density at radius 1 is 1.14 bits per heavy atom. The summed E-state index contributed by atoms with van der Waals surface area (Å²) in [4.78, 5) is 34.1. The normalized spacial score (nSPS) is 19.7. The zero-order valence-corrected chi connectivity index (χ0v) is 20.9. The maximum Gasteiger partial charge on any atom is 0.351 e. The molecule has 2 aliphatic heterocycles. The van der Waals surface area contributed by atoms with Gasteiger partial charge < -0.3 is 9.80 Å². The van der Waals surface area contributed by atoms with Crippen LogP contribution in [0.4, 0.5) is 14.5 Å². The maximum atomic E-state index is 14.7. The lowest BCUT2D eigenvalue weighted by molar-refractivity contribution is -0.151. The number of benzene rings is 2. The summed E-state index contributed by atoms with van der Waals surface area (Å²) in [7, 11) is 1.96. The zero-order valence-electron chi connectivity index (χ0n) is 18.5. The molecule has 2 amide bonds. The highest BCUT2D eigenvalue weighted by atomic mass is 35.5. The van der Waals surface area contributed by atoms with Gasteiger partial charge >= 0.3 is 11.8 Å². The third kappa shape index (κ3) is 4.22. The van der Waals surface area contributed by atoms with E-state index in [4.69, 9.17) is 23.2 Å². The fraction of sp³-hybridized carbons (Fsp3) is 0.348. The quantitative estimate of drug-likeness (QED) is 0.491. The van der Waals surface area contributed by atoms with E-state index >= 15 is 0 Å². The van der Waals surface area contributed by atoms with Gasteiger partial charge in [0.25, 0.3) is 0 Å². The van der Waals surface area contributed by atoms with Crippen LogP contribution in [0.15, 0.2) is 41.9 Å².